The molecule has 14 heavy (non-hydrogen) atoms. The highest BCUT2D eigenvalue weighted by atomic mass is 127. The standard InChI is InChI=1S/C10H11BrINO/c11-7-3-6-10(14)13-9-5-2-1-4-8(9)12/h1-2,4-5H,3,6-7H2,(H,13,14). The lowest BCUT2D eigenvalue weighted by Crippen LogP contribution is -2.12. The van der Waals surface area contributed by atoms with Crippen LogP contribution in [0.1, 0.15) is 12.8 Å². The third-order valence-corrected chi connectivity index (χ3v) is 3.19. The van der Waals surface area contributed by atoms with Gasteiger partial charge in [-0.1, -0.05) is 28.1 Å². The van der Waals surface area contributed by atoms with Gasteiger partial charge in [-0.2, -0.15) is 0 Å². The second kappa shape index (κ2) is 6.40. The molecular formula is C10H11BrINO. The summed E-state index contributed by atoms with van der Waals surface area (Å²) in [6, 6.07) is 7.76. The quantitative estimate of drug-likeness (QED) is 0.641. The molecule has 0 aliphatic heterocycles. The first-order chi connectivity index (χ1) is 6.74. The Balaban J connectivity index is 2.52. The lowest BCUT2D eigenvalue weighted by Gasteiger charge is -2.05. The van der Waals surface area contributed by atoms with Gasteiger partial charge in [-0.25, -0.2) is 0 Å². The van der Waals surface area contributed by atoms with Gasteiger partial charge >= 0.3 is 0 Å². The van der Waals surface area contributed by atoms with Crippen molar-refractivity contribution in [2.45, 2.75) is 12.8 Å². The predicted molar refractivity (Wildman–Crippen MR) is 70.8 cm³/mol. The zero-order valence-corrected chi connectivity index (χ0v) is 11.3. The molecule has 76 valence electrons. The van der Waals surface area contributed by atoms with E-state index in [1.165, 1.54) is 0 Å². The van der Waals surface area contributed by atoms with Crippen molar-refractivity contribution in [2.24, 2.45) is 0 Å². The van der Waals surface area contributed by atoms with E-state index in [0.29, 0.717) is 6.42 Å². The lowest BCUT2D eigenvalue weighted by molar-refractivity contribution is -0.116. The number of hydrogen-bond donors (Lipinski definition) is 1. The van der Waals surface area contributed by atoms with E-state index < -0.39 is 0 Å². The summed E-state index contributed by atoms with van der Waals surface area (Å²) in [6.07, 6.45) is 1.44. The Morgan fingerprint density at radius 1 is 1.43 bits per heavy atom. The number of nitrogens with one attached hydrogen (secondary N) is 1. The summed E-state index contributed by atoms with van der Waals surface area (Å²) in [5, 5.41) is 3.75. The zero-order valence-electron chi connectivity index (χ0n) is 7.59. The van der Waals surface area contributed by atoms with E-state index in [4.69, 9.17) is 0 Å². The van der Waals surface area contributed by atoms with Gasteiger partial charge in [-0.05, 0) is 41.1 Å². The first-order valence-electron chi connectivity index (χ1n) is 4.34. The molecule has 0 radical (unpaired) electrons. The van der Waals surface area contributed by atoms with Gasteiger partial charge in [0.15, 0.2) is 0 Å². The average molecular weight is 368 g/mol. The Hall–Kier alpha value is -0.100. The van der Waals surface area contributed by atoms with E-state index in [1.807, 2.05) is 24.3 Å². The molecule has 0 atom stereocenters. The van der Waals surface area contributed by atoms with Gasteiger partial charge in [-0.3, -0.25) is 4.79 Å². The molecule has 0 spiro atoms. The molecule has 0 aliphatic carbocycles. The maximum atomic E-state index is 11.4. The van der Waals surface area contributed by atoms with Crippen LogP contribution in [0.2, 0.25) is 0 Å². The van der Waals surface area contributed by atoms with Crippen LogP contribution in [0.5, 0.6) is 0 Å². The summed E-state index contributed by atoms with van der Waals surface area (Å²) in [4.78, 5) is 11.4. The minimum absolute atomic E-state index is 0.0774. The molecule has 0 aromatic heterocycles. The molecule has 0 aliphatic rings. The number of hydrogen-bond acceptors (Lipinski definition) is 1. The second-order valence-electron chi connectivity index (χ2n) is 2.82. The number of alkyl halides is 1. The van der Waals surface area contributed by atoms with Crippen LogP contribution in [-0.2, 0) is 4.79 Å². The molecule has 4 heteroatoms. The fraction of sp³-hybridized carbons (Fsp3) is 0.300. The Bertz CT molecular complexity index is 317. The fourth-order valence-corrected chi connectivity index (χ4v) is 1.81. The number of anilines is 1. The molecule has 0 fully saturated rings. The van der Waals surface area contributed by atoms with Gasteiger partial charge in [0.1, 0.15) is 0 Å². The molecule has 1 N–H and O–H groups in total. The summed E-state index contributed by atoms with van der Waals surface area (Å²) < 4.78 is 1.07. The van der Waals surface area contributed by atoms with Gasteiger partial charge in [0.25, 0.3) is 0 Å². The van der Waals surface area contributed by atoms with E-state index in [2.05, 4.69) is 43.8 Å². The largest absolute Gasteiger partial charge is 0.325 e. The van der Waals surface area contributed by atoms with Crippen LogP contribution in [0.4, 0.5) is 5.69 Å². The number of rotatable bonds is 4. The molecule has 0 saturated heterocycles. The van der Waals surface area contributed by atoms with Crippen molar-refractivity contribution < 1.29 is 4.79 Å². The molecule has 2 nitrogen and oxygen atoms in total. The van der Waals surface area contributed by atoms with Crippen molar-refractivity contribution >= 4 is 50.1 Å². The van der Waals surface area contributed by atoms with Crippen LogP contribution in [0.3, 0.4) is 0 Å². The third-order valence-electron chi connectivity index (χ3n) is 1.69. The molecule has 0 saturated carbocycles. The van der Waals surface area contributed by atoms with Crippen molar-refractivity contribution in [3.05, 3.63) is 27.8 Å². The Labute approximate surface area is 106 Å². The van der Waals surface area contributed by atoms with Crippen LogP contribution >= 0.6 is 38.5 Å². The second-order valence-corrected chi connectivity index (χ2v) is 4.78. The van der Waals surface area contributed by atoms with Crippen molar-refractivity contribution in [3.8, 4) is 0 Å². The van der Waals surface area contributed by atoms with Gasteiger partial charge in [0, 0.05) is 15.3 Å². The van der Waals surface area contributed by atoms with Crippen LogP contribution in [0.25, 0.3) is 0 Å². The molecule has 0 heterocycles. The van der Waals surface area contributed by atoms with Gasteiger partial charge in [0.05, 0.1) is 5.69 Å². The van der Waals surface area contributed by atoms with E-state index in [1.54, 1.807) is 0 Å². The number of para-hydroxylation sites is 1. The van der Waals surface area contributed by atoms with Crippen LogP contribution in [0.15, 0.2) is 24.3 Å². The molecule has 1 aromatic rings. The normalized spacial score (nSPS) is 9.86. The Morgan fingerprint density at radius 3 is 2.79 bits per heavy atom. The minimum Gasteiger partial charge on any atom is -0.325 e. The van der Waals surface area contributed by atoms with Crippen LogP contribution in [-0.4, -0.2) is 11.2 Å². The SMILES string of the molecule is O=C(CCCBr)Nc1ccccc1I. The summed E-state index contributed by atoms with van der Waals surface area (Å²) in [7, 11) is 0. The lowest BCUT2D eigenvalue weighted by atomic mass is 10.3. The van der Waals surface area contributed by atoms with Gasteiger partial charge in [0.2, 0.25) is 5.91 Å². The predicted octanol–water partition coefficient (Wildman–Crippen LogP) is 3.40. The number of carbonyl (C=O) groups is 1. The van der Waals surface area contributed by atoms with Crippen molar-refractivity contribution in [1.82, 2.24) is 0 Å². The van der Waals surface area contributed by atoms with E-state index in [-0.39, 0.29) is 5.91 Å². The number of carbonyl (C=O) groups excluding carboxylic acids is 1. The highest BCUT2D eigenvalue weighted by Gasteiger charge is 2.03. The molecule has 0 bridgehead atoms. The highest BCUT2D eigenvalue weighted by Crippen LogP contribution is 2.17. The Morgan fingerprint density at radius 2 is 2.14 bits per heavy atom. The van der Waals surface area contributed by atoms with Crippen molar-refractivity contribution in [1.29, 1.82) is 0 Å². The Kier molecular flexibility index (Phi) is 5.47. The maximum absolute atomic E-state index is 11.4. The minimum atomic E-state index is 0.0774. The van der Waals surface area contributed by atoms with Crippen molar-refractivity contribution in [2.75, 3.05) is 10.6 Å². The monoisotopic (exact) mass is 367 g/mol. The van der Waals surface area contributed by atoms with Crippen molar-refractivity contribution in [3.63, 3.8) is 0 Å². The topological polar surface area (TPSA) is 29.1 Å². The molecule has 1 aromatic carbocycles. The van der Waals surface area contributed by atoms with Gasteiger partial charge < -0.3 is 5.32 Å². The molecule has 0 unspecified atom stereocenters. The van der Waals surface area contributed by atoms with Crippen LogP contribution < -0.4 is 5.32 Å². The first kappa shape index (κ1) is 12.0. The fourth-order valence-electron chi connectivity index (χ4n) is 1.00. The first-order valence-corrected chi connectivity index (χ1v) is 6.54. The maximum Gasteiger partial charge on any atom is 0.224 e. The average Bonchev–Trinajstić information content (AvgIpc) is 2.18. The smallest absolute Gasteiger partial charge is 0.224 e. The van der Waals surface area contributed by atoms with Crippen LogP contribution in [0, 0.1) is 3.57 Å². The summed E-state index contributed by atoms with van der Waals surface area (Å²) in [6.45, 7) is 0. The number of halogens is 2. The zero-order chi connectivity index (χ0) is 10.4. The summed E-state index contributed by atoms with van der Waals surface area (Å²) in [5.74, 6) is 0.0774. The molecular weight excluding hydrogens is 357 g/mol. The van der Waals surface area contributed by atoms with E-state index >= 15 is 0 Å². The summed E-state index contributed by atoms with van der Waals surface area (Å²) >= 11 is 5.50. The van der Waals surface area contributed by atoms with E-state index in [9.17, 15) is 4.79 Å². The molecule has 1 amide bonds. The third kappa shape index (κ3) is 3.96. The molecule has 1 rings (SSSR count). The highest BCUT2D eigenvalue weighted by molar-refractivity contribution is 14.1. The number of benzene rings is 1. The van der Waals surface area contributed by atoms with Gasteiger partial charge in [-0.15, -0.1) is 0 Å². The number of amides is 1. The van der Waals surface area contributed by atoms with E-state index in [0.717, 1.165) is 21.0 Å². The summed E-state index contributed by atoms with van der Waals surface area (Å²) in [5.41, 5.74) is 0.896.